The number of anilines is 2. The third-order valence-electron chi connectivity index (χ3n) is 9.77. The van der Waals surface area contributed by atoms with Crippen LogP contribution < -0.4 is 10.2 Å². The van der Waals surface area contributed by atoms with Gasteiger partial charge < -0.3 is 29.1 Å². The number of aliphatic hydroxyl groups excluding tert-OH is 1. The Morgan fingerprint density at radius 2 is 1.55 bits per heavy atom. The largest absolute Gasteiger partial charge is 0.395 e. The number of halogens is 1. The number of nitrogens with one attached hydrogen (secondary N) is 1. The summed E-state index contributed by atoms with van der Waals surface area (Å²) < 4.78 is 23.1. The van der Waals surface area contributed by atoms with Gasteiger partial charge in [-0.2, -0.15) is 0 Å². The van der Waals surface area contributed by atoms with E-state index in [0.29, 0.717) is 29.0 Å². The van der Waals surface area contributed by atoms with E-state index in [1.165, 1.54) is 0 Å². The van der Waals surface area contributed by atoms with Crippen molar-refractivity contribution in [2.75, 3.05) is 23.4 Å². The number of nitrogens with zero attached hydrogens (tertiary/aromatic N) is 2. The molecule has 1 fully saturated rings. The summed E-state index contributed by atoms with van der Waals surface area (Å²) in [5.74, 6) is -1.29. The Bertz CT molecular complexity index is 1800. The minimum atomic E-state index is -3.48. The molecule has 1 spiro atoms. The van der Waals surface area contributed by atoms with Gasteiger partial charge in [-0.25, -0.2) is 0 Å². The highest BCUT2D eigenvalue weighted by Gasteiger charge is 2.66. The molecule has 8 nitrogen and oxygen atoms in total. The number of rotatable bonds is 11. The van der Waals surface area contributed by atoms with Crippen molar-refractivity contribution in [2.45, 2.75) is 56.8 Å². The van der Waals surface area contributed by atoms with Gasteiger partial charge in [-0.1, -0.05) is 85.8 Å². The Balaban J connectivity index is 1.25. The molecule has 49 heavy (non-hydrogen) atoms. The first kappa shape index (κ1) is 34.2. The molecule has 2 N–H and O–H groups in total. The summed E-state index contributed by atoms with van der Waals surface area (Å²) >= 11 is 0. The maximum Gasteiger partial charge on any atom is 0.264 e. The highest BCUT2D eigenvalue weighted by atomic mass is 28.4. The number of ether oxygens (including phenoxy) is 1. The monoisotopic (exact) mass is 679 g/mol. The van der Waals surface area contributed by atoms with Crippen molar-refractivity contribution in [1.29, 1.82) is 0 Å². The van der Waals surface area contributed by atoms with E-state index in [1.807, 2.05) is 91.9 Å². The topological polar surface area (TPSA) is 99.2 Å². The van der Waals surface area contributed by atoms with Crippen LogP contribution in [0, 0.1) is 5.92 Å². The fourth-order valence-electron chi connectivity index (χ4n) is 7.55. The van der Waals surface area contributed by atoms with Crippen molar-refractivity contribution < 1.29 is 28.3 Å². The van der Waals surface area contributed by atoms with Crippen molar-refractivity contribution >= 4 is 37.5 Å². The third-order valence-corrected chi connectivity index (χ3v) is 12.2. The molecule has 2 aliphatic rings. The van der Waals surface area contributed by atoms with E-state index in [1.54, 1.807) is 47.2 Å². The summed E-state index contributed by atoms with van der Waals surface area (Å²) in [4.78, 5) is 44.3. The Hall–Kier alpha value is -4.64. The first-order valence-corrected chi connectivity index (χ1v) is 19.6. The fourth-order valence-corrected chi connectivity index (χ4v) is 10.0. The number of carbonyl (C=O) groups excluding carboxylic acids is 3. The minimum Gasteiger partial charge on any atom is -0.395 e. The van der Waals surface area contributed by atoms with Gasteiger partial charge in [0.2, 0.25) is 14.3 Å². The summed E-state index contributed by atoms with van der Waals surface area (Å²) in [6.07, 6.45) is -0.925. The maximum atomic E-state index is 16.3. The summed E-state index contributed by atoms with van der Waals surface area (Å²) in [7, 11) is -3.48. The van der Waals surface area contributed by atoms with Crippen LogP contribution in [0.4, 0.5) is 15.5 Å². The molecule has 0 radical (unpaired) electrons. The number of carbonyl (C=O) groups is 3. The molecule has 0 unspecified atom stereocenters. The smallest absolute Gasteiger partial charge is 0.264 e. The van der Waals surface area contributed by atoms with Gasteiger partial charge in [-0.3, -0.25) is 14.4 Å². The van der Waals surface area contributed by atoms with Crippen molar-refractivity contribution in [3.05, 3.63) is 131 Å². The SMILES string of the molecule is C[C@@H]1[C@@H]([Si](C)(C)F)[C@H](CC(=O)N(CCO)Cc2ccccc2)O[C@@]12C(=O)N(Cc1ccc(NC(=O)c3ccccc3)cc1)c1ccccc12. The second kappa shape index (κ2) is 14.1. The molecule has 0 aromatic heterocycles. The van der Waals surface area contributed by atoms with Crippen LogP contribution in [0.25, 0.3) is 0 Å². The van der Waals surface area contributed by atoms with Crippen LogP contribution in [0.2, 0.25) is 18.6 Å². The molecule has 10 heteroatoms. The van der Waals surface area contributed by atoms with Crippen LogP contribution in [0.1, 0.15) is 40.4 Å². The zero-order chi connectivity index (χ0) is 34.8. The molecule has 0 bridgehead atoms. The number of fused-ring (bicyclic) bond motifs is 2. The van der Waals surface area contributed by atoms with E-state index in [-0.39, 0.29) is 43.8 Å². The van der Waals surface area contributed by atoms with Gasteiger partial charge in [-0.05, 0) is 54.6 Å². The summed E-state index contributed by atoms with van der Waals surface area (Å²) in [6, 6.07) is 33.3. The predicted molar refractivity (Wildman–Crippen MR) is 190 cm³/mol. The molecule has 4 atom stereocenters. The normalized spacial score (nSPS) is 21.5. The van der Waals surface area contributed by atoms with Crippen LogP contribution in [0.5, 0.6) is 0 Å². The number of hydrogen-bond donors (Lipinski definition) is 2. The first-order valence-electron chi connectivity index (χ1n) is 16.7. The summed E-state index contributed by atoms with van der Waals surface area (Å²) in [5.41, 5.74) is 2.22. The lowest BCUT2D eigenvalue weighted by Gasteiger charge is -2.31. The zero-order valence-corrected chi connectivity index (χ0v) is 29.0. The van der Waals surface area contributed by atoms with Crippen molar-refractivity contribution in [1.82, 2.24) is 4.90 Å². The predicted octanol–water partition coefficient (Wildman–Crippen LogP) is 6.67. The van der Waals surface area contributed by atoms with Gasteiger partial charge in [-0.15, -0.1) is 0 Å². The average molecular weight is 680 g/mol. The zero-order valence-electron chi connectivity index (χ0n) is 28.0. The quantitative estimate of drug-likeness (QED) is 0.136. The van der Waals surface area contributed by atoms with E-state index in [4.69, 9.17) is 4.74 Å². The average Bonchev–Trinajstić information content (AvgIpc) is 3.52. The van der Waals surface area contributed by atoms with Crippen molar-refractivity contribution in [3.8, 4) is 0 Å². The fraction of sp³-hybridized carbons (Fsp3) is 0.308. The van der Waals surface area contributed by atoms with Gasteiger partial charge >= 0.3 is 0 Å². The van der Waals surface area contributed by atoms with E-state index in [0.717, 1.165) is 11.1 Å². The van der Waals surface area contributed by atoms with Crippen LogP contribution in [0.15, 0.2) is 109 Å². The van der Waals surface area contributed by atoms with E-state index in [9.17, 15) is 19.5 Å². The Kier molecular flexibility index (Phi) is 9.83. The third kappa shape index (κ3) is 6.81. The Labute approximate surface area is 287 Å². The van der Waals surface area contributed by atoms with Crippen LogP contribution >= 0.6 is 0 Å². The highest BCUT2D eigenvalue weighted by Crippen LogP contribution is 2.60. The Morgan fingerprint density at radius 3 is 2.20 bits per heavy atom. The second-order valence-corrected chi connectivity index (χ2v) is 17.2. The second-order valence-electron chi connectivity index (χ2n) is 13.4. The molecule has 254 valence electrons. The number of benzene rings is 4. The summed E-state index contributed by atoms with van der Waals surface area (Å²) in [6.45, 7) is 5.58. The molecule has 2 heterocycles. The molecule has 2 aliphatic heterocycles. The molecule has 4 aromatic carbocycles. The lowest BCUT2D eigenvalue weighted by molar-refractivity contribution is -0.150. The molecule has 0 saturated carbocycles. The molecule has 3 amide bonds. The lowest BCUT2D eigenvalue weighted by atomic mass is 9.82. The van der Waals surface area contributed by atoms with Crippen LogP contribution in [-0.2, 0) is 33.0 Å². The van der Waals surface area contributed by atoms with E-state index < -0.39 is 31.6 Å². The van der Waals surface area contributed by atoms with Crippen molar-refractivity contribution in [3.63, 3.8) is 0 Å². The van der Waals surface area contributed by atoms with Gasteiger partial charge in [0.1, 0.15) is 0 Å². The van der Waals surface area contributed by atoms with Crippen LogP contribution in [-0.4, -0.2) is 55.4 Å². The minimum absolute atomic E-state index is 0.102. The van der Waals surface area contributed by atoms with E-state index >= 15 is 4.11 Å². The maximum absolute atomic E-state index is 16.3. The molecule has 4 aromatic rings. The number of para-hydroxylation sites is 1. The molecule has 1 saturated heterocycles. The van der Waals surface area contributed by atoms with Gasteiger partial charge in [0.05, 0.1) is 31.4 Å². The first-order chi connectivity index (χ1) is 23.5. The molecule has 6 rings (SSSR count). The van der Waals surface area contributed by atoms with Crippen LogP contribution in [0.3, 0.4) is 0 Å². The van der Waals surface area contributed by atoms with Gasteiger partial charge in [0.25, 0.3) is 11.8 Å². The van der Waals surface area contributed by atoms with Gasteiger partial charge in [0, 0.05) is 41.4 Å². The molecule has 0 aliphatic carbocycles. The lowest BCUT2D eigenvalue weighted by Crippen LogP contribution is -2.45. The van der Waals surface area contributed by atoms with Gasteiger partial charge in [0.15, 0.2) is 5.60 Å². The number of amides is 3. The number of hydrogen-bond acceptors (Lipinski definition) is 5. The molecular formula is C39H42FN3O5Si. The highest BCUT2D eigenvalue weighted by molar-refractivity contribution is 6.72. The Morgan fingerprint density at radius 1 is 0.918 bits per heavy atom. The van der Waals surface area contributed by atoms with E-state index in [2.05, 4.69) is 5.32 Å². The summed E-state index contributed by atoms with van der Waals surface area (Å²) in [5, 5.41) is 12.7. The number of aliphatic hydroxyl groups is 1. The molecular weight excluding hydrogens is 638 g/mol. The van der Waals surface area contributed by atoms with Crippen molar-refractivity contribution in [2.24, 2.45) is 5.92 Å². The standard InChI is InChI=1S/C39H42FN3O5Si/c1-27-36(49(2,3)40)34(24-35(45)42(22-23-44)25-28-12-6-4-7-13-28)48-39(27)32-16-10-11-17-33(32)43(38(39)47)26-29-18-20-31(21-19-29)41-37(46)30-14-8-5-9-15-30/h4-21,27,34,36,44H,22-26H2,1-3H3,(H,41,46)/t27-,34+,36-,39+/m1/s1.